The van der Waals surface area contributed by atoms with Crippen molar-refractivity contribution in [1.29, 1.82) is 0 Å². The van der Waals surface area contributed by atoms with Crippen LogP contribution in [0.15, 0.2) is 61.2 Å². The third kappa shape index (κ3) is 3.83. The Morgan fingerprint density at radius 2 is 1.48 bits per heavy atom. The Kier molecular flexibility index (Phi) is 5.27. The summed E-state index contributed by atoms with van der Waals surface area (Å²) in [7, 11) is 8.37. The zero-order valence-corrected chi connectivity index (χ0v) is 15.0. The van der Waals surface area contributed by atoms with Crippen molar-refractivity contribution >= 4 is 11.3 Å². The Labute approximate surface area is 141 Å². The highest BCUT2D eigenvalue weighted by molar-refractivity contribution is 5.72. The minimum absolute atomic E-state index is 0.124. The highest BCUT2D eigenvalue weighted by atomic mass is 15.1. The normalized spacial score (nSPS) is 13.7. The zero-order valence-electron chi connectivity index (χ0n) is 15.0. The maximum atomic E-state index is 4.43. The second kappa shape index (κ2) is 7.01. The van der Waals surface area contributed by atoms with Crippen LogP contribution in [0.3, 0.4) is 0 Å². The van der Waals surface area contributed by atoms with E-state index in [1.807, 2.05) is 0 Å². The lowest BCUT2D eigenvalue weighted by atomic mass is 9.81. The van der Waals surface area contributed by atoms with E-state index >= 15 is 0 Å². The van der Waals surface area contributed by atoms with Gasteiger partial charge in [-0.2, -0.15) is 0 Å². The summed E-state index contributed by atoms with van der Waals surface area (Å²) in [4.78, 5) is 4.38. The van der Waals surface area contributed by atoms with Gasteiger partial charge < -0.3 is 4.90 Å². The molecule has 0 fully saturated rings. The summed E-state index contributed by atoms with van der Waals surface area (Å²) in [6.07, 6.45) is 0.940. The maximum Gasteiger partial charge on any atom is 0.0466 e. The van der Waals surface area contributed by atoms with Crippen molar-refractivity contribution in [3.63, 3.8) is 0 Å². The first-order chi connectivity index (χ1) is 10.8. The lowest BCUT2D eigenvalue weighted by Crippen LogP contribution is -2.44. The summed E-state index contributed by atoms with van der Waals surface area (Å²) in [5.41, 5.74) is 4.76. The van der Waals surface area contributed by atoms with Crippen LogP contribution in [0, 0.1) is 0 Å². The molecular weight excluding hydrogens is 280 g/mol. The summed E-state index contributed by atoms with van der Waals surface area (Å²) in [5, 5.41) is 0. The number of benzene rings is 2. The molecule has 2 nitrogen and oxygen atoms in total. The van der Waals surface area contributed by atoms with Gasteiger partial charge >= 0.3 is 0 Å². The molecule has 0 amide bonds. The molecule has 0 spiro atoms. The number of likely N-dealkylation sites (N-methyl/N-ethyl adjacent to an activating group) is 1. The van der Waals surface area contributed by atoms with E-state index in [4.69, 9.17) is 0 Å². The van der Waals surface area contributed by atoms with Crippen molar-refractivity contribution in [2.45, 2.75) is 18.9 Å². The number of hydrogen-bond donors (Lipinski definition) is 0. The van der Waals surface area contributed by atoms with Crippen LogP contribution in [0.5, 0.6) is 0 Å². The van der Waals surface area contributed by atoms with E-state index < -0.39 is 0 Å². The van der Waals surface area contributed by atoms with Crippen LogP contribution < -0.4 is 4.90 Å². The Balaban J connectivity index is 2.30. The SMILES string of the molecule is C=C(c1ccc(N(C)C)cc1)C(C)(Cc1ccccc1)N(C)C. The average Bonchev–Trinajstić information content (AvgIpc) is 2.55. The van der Waals surface area contributed by atoms with E-state index in [0.29, 0.717) is 0 Å². The summed E-state index contributed by atoms with van der Waals surface area (Å²) in [5.74, 6) is 0. The van der Waals surface area contributed by atoms with Crippen molar-refractivity contribution in [1.82, 2.24) is 4.90 Å². The minimum atomic E-state index is -0.124. The number of hydrogen-bond acceptors (Lipinski definition) is 2. The summed E-state index contributed by atoms with van der Waals surface area (Å²) in [6, 6.07) is 19.3. The van der Waals surface area contributed by atoms with Gasteiger partial charge in [0.1, 0.15) is 0 Å². The van der Waals surface area contributed by atoms with Crippen molar-refractivity contribution in [2.24, 2.45) is 0 Å². The average molecular weight is 308 g/mol. The monoisotopic (exact) mass is 308 g/mol. The fourth-order valence-corrected chi connectivity index (χ4v) is 2.80. The largest absolute Gasteiger partial charge is 0.378 e. The van der Waals surface area contributed by atoms with E-state index in [1.165, 1.54) is 16.8 Å². The van der Waals surface area contributed by atoms with Crippen molar-refractivity contribution < 1.29 is 0 Å². The molecule has 122 valence electrons. The van der Waals surface area contributed by atoms with Crippen molar-refractivity contribution in [3.8, 4) is 0 Å². The Hall–Kier alpha value is -2.06. The van der Waals surface area contributed by atoms with E-state index in [-0.39, 0.29) is 5.54 Å². The predicted octanol–water partition coefficient (Wildman–Crippen LogP) is 4.33. The van der Waals surface area contributed by atoms with Crippen LogP contribution in [0.2, 0.25) is 0 Å². The molecule has 2 heteroatoms. The van der Waals surface area contributed by atoms with E-state index in [0.717, 1.165) is 12.0 Å². The molecule has 2 rings (SSSR count). The van der Waals surface area contributed by atoms with Crippen LogP contribution in [0.1, 0.15) is 18.1 Å². The molecule has 23 heavy (non-hydrogen) atoms. The van der Waals surface area contributed by atoms with Gasteiger partial charge in [0, 0.05) is 25.3 Å². The lowest BCUT2D eigenvalue weighted by molar-refractivity contribution is 0.240. The molecule has 0 heterocycles. The Morgan fingerprint density at radius 1 is 0.913 bits per heavy atom. The molecule has 0 aliphatic heterocycles. The molecule has 0 aliphatic carbocycles. The van der Waals surface area contributed by atoms with Gasteiger partial charge in [-0.1, -0.05) is 49.0 Å². The van der Waals surface area contributed by atoms with E-state index in [1.54, 1.807) is 0 Å². The van der Waals surface area contributed by atoms with Gasteiger partial charge in [-0.05, 0) is 56.3 Å². The van der Waals surface area contributed by atoms with Gasteiger partial charge in [0.2, 0.25) is 0 Å². The fourth-order valence-electron chi connectivity index (χ4n) is 2.80. The molecule has 0 saturated carbocycles. The second-order valence-electron chi connectivity index (χ2n) is 6.75. The number of anilines is 1. The molecule has 0 aromatic heterocycles. The molecular formula is C21H28N2. The lowest BCUT2D eigenvalue weighted by Gasteiger charge is -2.39. The molecule has 0 aliphatic rings. The Morgan fingerprint density at radius 3 is 1.96 bits per heavy atom. The Bertz CT molecular complexity index is 641. The molecule has 0 bridgehead atoms. The highest BCUT2D eigenvalue weighted by Crippen LogP contribution is 2.33. The molecule has 1 atom stereocenters. The number of nitrogens with zero attached hydrogens (tertiary/aromatic N) is 2. The van der Waals surface area contributed by atoms with Crippen molar-refractivity contribution in [2.75, 3.05) is 33.1 Å². The molecule has 0 radical (unpaired) electrons. The topological polar surface area (TPSA) is 6.48 Å². The third-order valence-corrected chi connectivity index (χ3v) is 4.76. The minimum Gasteiger partial charge on any atom is -0.378 e. The summed E-state index contributed by atoms with van der Waals surface area (Å²) in [6.45, 7) is 6.70. The summed E-state index contributed by atoms with van der Waals surface area (Å²) >= 11 is 0. The first kappa shape index (κ1) is 17.3. The maximum absolute atomic E-state index is 4.43. The molecule has 0 N–H and O–H groups in total. The first-order valence-corrected chi connectivity index (χ1v) is 8.03. The van der Waals surface area contributed by atoms with Gasteiger partial charge in [-0.3, -0.25) is 4.90 Å². The van der Waals surface area contributed by atoms with Gasteiger partial charge in [-0.15, -0.1) is 0 Å². The highest BCUT2D eigenvalue weighted by Gasteiger charge is 2.31. The quantitative estimate of drug-likeness (QED) is 0.784. The van der Waals surface area contributed by atoms with Gasteiger partial charge in [0.15, 0.2) is 0 Å². The van der Waals surface area contributed by atoms with E-state index in [2.05, 4.69) is 106 Å². The van der Waals surface area contributed by atoms with Gasteiger partial charge in [0.25, 0.3) is 0 Å². The van der Waals surface area contributed by atoms with Crippen LogP contribution in [-0.4, -0.2) is 38.6 Å². The fraction of sp³-hybridized carbons (Fsp3) is 0.333. The number of rotatable bonds is 6. The van der Waals surface area contributed by atoms with Crippen LogP contribution >= 0.6 is 0 Å². The standard InChI is InChI=1S/C21H28N2/c1-17(19-12-14-20(15-13-19)22(3)4)21(2,23(5)6)16-18-10-8-7-9-11-18/h7-15H,1,16H2,2-6H3. The van der Waals surface area contributed by atoms with Crippen LogP contribution in [-0.2, 0) is 6.42 Å². The first-order valence-electron chi connectivity index (χ1n) is 8.03. The van der Waals surface area contributed by atoms with Gasteiger partial charge in [0.05, 0.1) is 0 Å². The van der Waals surface area contributed by atoms with Crippen LogP contribution in [0.25, 0.3) is 5.57 Å². The summed E-state index contributed by atoms with van der Waals surface area (Å²) < 4.78 is 0. The predicted molar refractivity (Wildman–Crippen MR) is 102 cm³/mol. The van der Waals surface area contributed by atoms with Gasteiger partial charge in [-0.25, -0.2) is 0 Å². The molecule has 2 aromatic carbocycles. The smallest absolute Gasteiger partial charge is 0.0466 e. The van der Waals surface area contributed by atoms with Crippen molar-refractivity contribution in [3.05, 3.63) is 72.3 Å². The molecule has 2 aromatic rings. The molecule has 0 saturated heterocycles. The van der Waals surface area contributed by atoms with E-state index in [9.17, 15) is 0 Å². The molecule has 1 unspecified atom stereocenters. The second-order valence-corrected chi connectivity index (χ2v) is 6.75. The van der Waals surface area contributed by atoms with Crippen LogP contribution in [0.4, 0.5) is 5.69 Å². The third-order valence-electron chi connectivity index (χ3n) is 4.76. The zero-order chi connectivity index (χ0) is 17.0.